The fourth-order valence-electron chi connectivity index (χ4n) is 8.09. The van der Waals surface area contributed by atoms with Crippen molar-refractivity contribution in [3.8, 4) is 0 Å². The van der Waals surface area contributed by atoms with Crippen LogP contribution in [0.2, 0.25) is 0 Å². The highest BCUT2D eigenvalue weighted by Crippen LogP contribution is 2.66. The number of hydrogen-bond donors (Lipinski definition) is 2. The maximum atomic E-state index is 4.97. The van der Waals surface area contributed by atoms with Crippen LogP contribution in [0, 0.1) is 0 Å². The third-order valence-corrected chi connectivity index (χ3v) is 10.5. The molecule has 0 aromatic heterocycles. The maximum absolute atomic E-state index is 4.97. The average molecular weight is 613 g/mol. The van der Waals surface area contributed by atoms with Crippen LogP contribution in [0.1, 0.15) is 66.2 Å². The summed E-state index contributed by atoms with van der Waals surface area (Å²) >= 11 is 0. The number of aliphatic imine (C=N–C) groups is 1. The fourth-order valence-corrected chi connectivity index (χ4v) is 8.09. The summed E-state index contributed by atoms with van der Waals surface area (Å²) in [6.07, 6.45) is 6.53. The molecule has 4 nitrogen and oxygen atoms in total. The minimum absolute atomic E-state index is 0.000814. The molecule has 232 valence electrons. The Morgan fingerprint density at radius 3 is 2.15 bits per heavy atom. The Morgan fingerprint density at radius 2 is 1.38 bits per heavy atom. The molecule has 8 rings (SSSR count). The molecule has 0 fully saturated rings. The molecule has 3 aliphatic rings. The molecule has 2 N–H and O–H groups in total. The van der Waals surface area contributed by atoms with Crippen LogP contribution in [-0.2, 0) is 17.4 Å². The highest BCUT2D eigenvalue weighted by Gasteiger charge is 2.57. The van der Waals surface area contributed by atoms with Crippen LogP contribution in [0.3, 0.4) is 0 Å². The van der Waals surface area contributed by atoms with Crippen molar-refractivity contribution in [2.24, 2.45) is 4.99 Å². The summed E-state index contributed by atoms with van der Waals surface area (Å²) < 4.78 is 0. The molecular formula is C43H40N4. The van der Waals surface area contributed by atoms with E-state index in [4.69, 9.17) is 4.99 Å². The number of nitrogens with zero attached hydrogens (tertiary/aromatic N) is 2. The van der Waals surface area contributed by atoms with E-state index in [0.29, 0.717) is 12.5 Å². The summed E-state index contributed by atoms with van der Waals surface area (Å²) in [7, 11) is 0. The van der Waals surface area contributed by atoms with Crippen molar-refractivity contribution in [2.45, 2.75) is 50.2 Å². The smallest absolute Gasteiger partial charge is 0.137 e. The number of anilines is 2. The first-order valence-corrected chi connectivity index (χ1v) is 16.6. The van der Waals surface area contributed by atoms with Crippen LogP contribution in [0.25, 0.3) is 0 Å². The van der Waals surface area contributed by atoms with Gasteiger partial charge in [0.2, 0.25) is 0 Å². The molecule has 5 aromatic rings. The van der Waals surface area contributed by atoms with Crippen molar-refractivity contribution in [1.82, 2.24) is 10.9 Å². The van der Waals surface area contributed by atoms with Crippen molar-refractivity contribution in [1.29, 1.82) is 0 Å². The molecule has 0 amide bonds. The van der Waals surface area contributed by atoms with Gasteiger partial charge in [-0.25, -0.2) is 5.43 Å². The van der Waals surface area contributed by atoms with Crippen LogP contribution < -0.4 is 15.8 Å². The number of hydrazine groups is 1. The van der Waals surface area contributed by atoms with Gasteiger partial charge in [-0.3, -0.25) is 10.4 Å². The van der Waals surface area contributed by atoms with Gasteiger partial charge in [-0.1, -0.05) is 141 Å². The molecule has 1 heterocycles. The Morgan fingerprint density at radius 1 is 0.723 bits per heavy atom. The van der Waals surface area contributed by atoms with E-state index in [1.807, 2.05) is 18.3 Å². The van der Waals surface area contributed by atoms with Crippen molar-refractivity contribution in [2.75, 3.05) is 4.90 Å². The number of allylic oxidation sites excluding steroid dienone is 4. The molecule has 0 radical (unpaired) electrons. The maximum Gasteiger partial charge on any atom is 0.137 e. The lowest BCUT2D eigenvalue weighted by atomic mass is 9.63. The predicted molar refractivity (Wildman–Crippen MR) is 194 cm³/mol. The highest BCUT2D eigenvalue weighted by molar-refractivity contribution is 5.85. The van der Waals surface area contributed by atoms with Gasteiger partial charge in [-0.15, -0.1) is 0 Å². The fraction of sp³-hybridized carbons (Fsp3) is 0.186. The molecule has 5 aromatic carbocycles. The number of benzene rings is 5. The molecule has 3 unspecified atom stereocenters. The summed E-state index contributed by atoms with van der Waals surface area (Å²) in [6.45, 7) is 7.93. The highest BCUT2D eigenvalue weighted by atomic mass is 15.4. The van der Waals surface area contributed by atoms with Gasteiger partial charge in [0.25, 0.3) is 0 Å². The van der Waals surface area contributed by atoms with Crippen molar-refractivity contribution in [3.63, 3.8) is 0 Å². The topological polar surface area (TPSA) is 39.7 Å². The Balaban J connectivity index is 1.09. The second-order valence-electron chi connectivity index (χ2n) is 13.5. The number of rotatable bonds is 8. The van der Waals surface area contributed by atoms with Crippen molar-refractivity contribution < 1.29 is 0 Å². The first-order valence-electron chi connectivity index (χ1n) is 16.6. The van der Waals surface area contributed by atoms with Crippen LogP contribution in [0.15, 0.2) is 162 Å². The lowest BCUT2D eigenvalue weighted by Crippen LogP contribution is -2.36. The zero-order valence-corrected chi connectivity index (χ0v) is 27.2. The van der Waals surface area contributed by atoms with Gasteiger partial charge in [-0.05, 0) is 64.6 Å². The van der Waals surface area contributed by atoms with E-state index in [-0.39, 0.29) is 17.0 Å². The molecule has 0 bridgehead atoms. The Labute approximate surface area is 278 Å². The van der Waals surface area contributed by atoms with E-state index in [9.17, 15) is 0 Å². The molecule has 1 aliphatic heterocycles. The SMILES string of the molecule is CC1(C)C2=CC=C3N(c4ccc(/C=N/C(NNCc5ccccc5)c5ccccc5)cc4)c4ccccc4C3(C)C2c2ccccc21. The quantitative estimate of drug-likeness (QED) is 0.135. The van der Waals surface area contributed by atoms with E-state index in [1.165, 1.54) is 39.2 Å². The summed E-state index contributed by atoms with van der Waals surface area (Å²) in [5, 5.41) is 0. The Kier molecular flexibility index (Phi) is 7.28. The van der Waals surface area contributed by atoms with Crippen LogP contribution >= 0.6 is 0 Å². The standard InChI is InChI=1S/C43H40N4/c1-42(2)35-19-11-10-18-34(35)40-37(42)26-27-39-43(40,3)36-20-12-13-21-38(36)47(39)33-24-22-31(23-25-33)28-44-41(32-16-8-5-9-17-32)46-45-29-30-14-6-4-7-15-30/h4-28,40-41,45-46H,29H2,1-3H3/b44-28+. The summed E-state index contributed by atoms with van der Waals surface area (Å²) in [6, 6.07) is 47.6. The first kappa shape index (κ1) is 29.4. The van der Waals surface area contributed by atoms with Gasteiger partial charge in [0, 0.05) is 40.9 Å². The van der Waals surface area contributed by atoms with Gasteiger partial charge in [0.15, 0.2) is 0 Å². The summed E-state index contributed by atoms with van der Waals surface area (Å²) in [4.78, 5) is 7.45. The van der Waals surface area contributed by atoms with Crippen molar-refractivity contribution >= 4 is 17.6 Å². The summed E-state index contributed by atoms with van der Waals surface area (Å²) in [5.41, 5.74) is 19.5. The third kappa shape index (κ3) is 4.88. The Bertz CT molecular complexity index is 2010. The van der Waals surface area contributed by atoms with Crippen LogP contribution in [-0.4, -0.2) is 6.21 Å². The number of nitrogens with one attached hydrogen (secondary N) is 2. The van der Waals surface area contributed by atoms with Gasteiger partial charge in [0.05, 0.1) is 5.69 Å². The van der Waals surface area contributed by atoms with Crippen molar-refractivity contribution in [3.05, 3.63) is 190 Å². The zero-order valence-electron chi connectivity index (χ0n) is 27.2. The van der Waals surface area contributed by atoms with E-state index < -0.39 is 0 Å². The minimum Gasteiger partial charge on any atom is -0.313 e. The molecule has 0 saturated heterocycles. The normalized spacial score (nSPS) is 21.0. The van der Waals surface area contributed by atoms with Gasteiger partial charge in [-0.2, -0.15) is 0 Å². The monoisotopic (exact) mass is 612 g/mol. The number of fused-ring (bicyclic) bond motifs is 7. The molecule has 0 spiro atoms. The second kappa shape index (κ2) is 11.6. The lowest BCUT2D eigenvalue weighted by molar-refractivity contribution is 0.449. The van der Waals surface area contributed by atoms with E-state index in [1.54, 1.807) is 0 Å². The molecule has 47 heavy (non-hydrogen) atoms. The predicted octanol–water partition coefficient (Wildman–Crippen LogP) is 9.41. The zero-order chi connectivity index (χ0) is 32.0. The molecule has 4 heteroatoms. The second-order valence-corrected chi connectivity index (χ2v) is 13.5. The third-order valence-electron chi connectivity index (χ3n) is 10.5. The molecule has 2 aliphatic carbocycles. The van der Waals surface area contributed by atoms with Gasteiger partial charge < -0.3 is 4.90 Å². The number of hydrogen-bond acceptors (Lipinski definition) is 4. The van der Waals surface area contributed by atoms with E-state index in [0.717, 1.165) is 16.8 Å². The Hall–Kier alpha value is -5.03. The molecule has 3 atom stereocenters. The van der Waals surface area contributed by atoms with E-state index >= 15 is 0 Å². The van der Waals surface area contributed by atoms with Crippen LogP contribution in [0.4, 0.5) is 11.4 Å². The molecule has 0 saturated carbocycles. The van der Waals surface area contributed by atoms with Gasteiger partial charge >= 0.3 is 0 Å². The minimum atomic E-state index is -0.224. The average Bonchev–Trinajstić information content (AvgIpc) is 3.52. The summed E-state index contributed by atoms with van der Waals surface area (Å²) in [5.74, 6) is 0.296. The molecular weight excluding hydrogens is 573 g/mol. The van der Waals surface area contributed by atoms with E-state index in [2.05, 4.69) is 170 Å². The first-order chi connectivity index (χ1) is 23.0. The van der Waals surface area contributed by atoms with Crippen LogP contribution in [0.5, 0.6) is 0 Å². The number of para-hydroxylation sites is 1. The lowest BCUT2D eigenvalue weighted by Gasteiger charge is -2.41. The largest absolute Gasteiger partial charge is 0.313 e. The van der Waals surface area contributed by atoms with Gasteiger partial charge in [0.1, 0.15) is 6.17 Å².